The average Bonchev–Trinajstić information content (AvgIpc) is 3.06. The predicted octanol–water partition coefficient (Wildman–Crippen LogP) is 3.41. The second-order valence-electron chi connectivity index (χ2n) is 10.6. The number of rotatable bonds is 8. The zero-order valence-electron chi connectivity index (χ0n) is 22.1. The first-order valence-corrected chi connectivity index (χ1v) is 12.3. The molecule has 8 heteroatoms. The van der Waals surface area contributed by atoms with Gasteiger partial charge in [-0.15, -0.1) is 0 Å². The highest BCUT2D eigenvalue weighted by Gasteiger charge is 2.59. The third kappa shape index (κ3) is 6.40. The molecule has 196 valence electrons. The Kier molecular flexibility index (Phi) is 9.45. The van der Waals surface area contributed by atoms with Crippen LogP contribution in [0.25, 0.3) is 0 Å². The zero-order valence-corrected chi connectivity index (χ0v) is 22.1. The van der Waals surface area contributed by atoms with E-state index in [4.69, 9.17) is 14.2 Å². The van der Waals surface area contributed by atoms with Crippen LogP contribution < -0.4 is 0 Å². The van der Waals surface area contributed by atoms with E-state index in [0.29, 0.717) is 11.1 Å². The summed E-state index contributed by atoms with van der Waals surface area (Å²) in [5.74, 6) is -3.65. The highest BCUT2D eigenvalue weighted by atomic mass is 16.6. The Morgan fingerprint density at radius 2 is 1.66 bits per heavy atom. The number of Topliss-reactive ketones (excluding diaryl/α,β-unsaturated/α-hetero) is 1. The molecule has 8 nitrogen and oxygen atoms in total. The van der Waals surface area contributed by atoms with E-state index in [2.05, 4.69) is 6.58 Å². The number of carbonyl (C=O) groups excluding carboxylic acids is 4. The number of ketones is 1. The molecule has 1 N–H and O–H groups in total. The van der Waals surface area contributed by atoms with Crippen LogP contribution in [0.2, 0.25) is 0 Å². The van der Waals surface area contributed by atoms with Crippen molar-refractivity contribution >= 4 is 23.7 Å². The molecule has 35 heavy (non-hydrogen) atoms. The van der Waals surface area contributed by atoms with Crippen LogP contribution in [0.4, 0.5) is 0 Å². The molecule has 2 saturated carbocycles. The maximum Gasteiger partial charge on any atom is 0.331 e. The number of aliphatic hydroxyl groups is 1. The number of aliphatic hydroxyl groups excluding tert-OH is 1. The van der Waals surface area contributed by atoms with Crippen molar-refractivity contribution in [2.24, 2.45) is 35.5 Å². The fourth-order valence-corrected chi connectivity index (χ4v) is 5.44. The van der Waals surface area contributed by atoms with Crippen LogP contribution in [0.15, 0.2) is 23.8 Å². The van der Waals surface area contributed by atoms with Crippen molar-refractivity contribution in [1.29, 1.82) is 0 Å². The smallest absolute Gasteiger partial charge is 0.331 e. The molecule has 0 aromatic carbocycles. The Bertz CT molecular complexity index is 884. The lowest BCUT2D eigenvalue weighted by Crippen LogP contribution is -2.54. The van der Waals surface area contributed by atoms with Gasteiger partial charge in [-0.05, 0) is 49.7 Å². The Morgan fingerprint density at radius 1 is 1.06 bits per heavy atom. The first-order valence-electron chi connectivity index (χ1n) is 12.3. The topological polar surface area (TPSA) is 116 Å². The second kappa shape index (κ2) is 11.5. The number of ether oxygens (including phenoxy) is 3. The van der Waals surface area contributed by atoms with Gasteiger partial charge in [-0.25, -0.2) is 4.79 Å². The predicted molar refractivity (Wildman–Crippen MR) is 129 cm³/mol. The summed E-state index contributed by atoms with van der Waals surface area (Å²) in [6.45, 7) is 17.7. The van der Waals surface area contributed by atoms with Gasteiger partial charge < -0.3 is 19.3 Å². The normalized spacial score (nSPS) is 30.7. The Morgan fingerprint density at radius 3 is 2.14 bits per heavy atom. The fourth-order valence-electron chi connectivity index (χ4n) is 5.44. The van der Waals surface area contributed by atoms with Gasteiger partial charge in [0.15, 0.2) is 6.10 Å². The van der Waals surface area contributed by atoms with E-state index >= 15 is 0 Å². The van der Waals surface area contributed by atoms with Crippen molar-refractivity contribution in [3.8, 4) is 0 Å². The number of hydrogen-bond donors (Lipinski definition) is 1. The number of carbonyl (C=O) groups is 4. The van der Waals surface area contributed by atoms with Crippen LogP contribution in [0, 0.1) is 35.5 Å². The van der Waals surface area contributed by atoms with Crippen LogP contribution in [0.1, 0.15) is 61.8 Å². The molecule has 0 aromatic heterocycles. The van der Waals surface area contributed by atoms with Crippen molar-refractivity contribution in [2.45, 2.75) is 86.2 Å². The van der Waals surface area contributed by atoms with Crippen molar-refractivity contribution < 1.29 is 38.5 Å². The first kappa shape index (κ1) is 28.8. The lowest BCUT2D eigenvalue weighted by Gasteiger charge is -2.48. The maximum absolute atomic E-state index is 13.2. The summed E-state index contributed by atoms with van der Waals surface area (Å²) >= 11 is 0. The standard InChI is InChI=1S/C27H40O8/c1-12(2)22-24-19(11-20(30)23(24)17(8)33-18(9)29)15(6)25(26(22)35-27(32)13(3)4)34-21(31)10-14(5)16(7)28/h10,12-13,16-17,19,22-26,28H,6,11H2,1-5,7-9H3/t16-,17-,19-,22-,23-,24+,25-,26+/m0/s1. The van der Waals surface area contributed by atoms with Crippen molar-refractivity contribution in [2.75, 3.05) is 0 Å². The van der Waals surface area contributed by atoms with Crippen molar-refractivity contribution in [3.63, 3.8) is 0 Å². The molecule has 0 radical (unpaired) electrons. The molecular formula is C27H40O8. The lowest BCUT2D eigenvalue weighted by atomic mass is 9.62. The first-order chi connectivity index (χ1) is 16.2. The Labute approximate surface area is 208 Å². The fraction of sp³-hybridized carbons (Fsp3) is 0.704. The second-order valence-corrected chi connectivity index (χ2v) is 10.6. The molecule has 8 atom stereocenters. The summed E-state index contributed by atoms with van der Waals surface area (Å²) in [5, 5.41) is 9.73. The summed E-state index contributed by atoms with van der Waals surface area (Å²) in [7, 11) is 0. The molecule has 0 bridgehead atoms. The van der Waals surface area contributed by atoms with Gasteiger partial charge in [0.25, 0.3) is 0 Å². The number of esters is 3. The average molecular weight is 493 g/mol. The molecule has 2 rings (SSSR count). The van der Waals surface area contributed by atoms with E-state index in [1.807, 2.05) is 13.8 Å². The van der Waals surface area contributed by atoms with Gasteiger partial charge in [-0.1, -0.05) is 34.3 Å². The van der Waals surface area contributed by atoms with E-state index in [1.54, 1.807) is 34.6 Å². The maximum atomic E-state index is 13.2. The molecule has 2 fully saturated rings. The van der Waals surface area contributed by atoms with Gasteiger partial charge in [0.1, 0.15) is 18.0 Å². The molecular weight excluding hydrogens is 452 g/mol. The minimum atomic E-state index is -0.951. The molecule has 0 heterocycles. The summed E-state index contributed by atoms with van der Waals surface area (Å²) in [5.41, 5.74) is 0.938. The lowest BCUT2D eigenvalue weighted by molar-refractivity contribution is -0.182. The minimum absolute atomic E-state index is 0.0468. The van der Waals surface area contributed by atoms with Gasteiger partial charge in [-0.3, -0.25) is 14.4 Å². The molecule has 0 amide bonds. The highest BCUT2D eigenvalue weighted by Crippen LogP contribution is 2.54. The number of hydrogen-bond acceptors (Lipinski definition) is 8. The van der Waals surface area contributed by atoms with Crippen LogP contribution in [-0.2, 0) is 33.4 Å². The SMILES string of the molecule is C=C1[C@@H]2CC(=O)[C@H]([C@H](C)OC(C)=O)[C@H]2[C@H](C(C)C)[C@@H](OC(=O)C(C)C)[C@H]1OC(=O)C=C(C)[C@H](C)O. The van der Waals surface area contributed by atoms with E-state index < -0.39 is 54.2 Å². The quantitative estimate of drug-likeness (QED) is 0.237. The van der Waals surface area contributed by atoms with E-state index in [-0.39, 0.29) is 35.9 Å². The van der Waals surface area contributed by atoms with Gasteiger partial charge in [0.2, 0.25) is 0 Å². The monoisotopic (exact) mass is 492 g/mol. The van der Waals surface area contributed by atoms with Gasteiger partial charge in [0, 0.05) is 25.3 Å². The van der Waals surface area contributed by atoms with Crippen LogP contribution in [-0.4, -0.2) is 53.2 Å². The van der Waals surface area contributed by atoms with Crippen molar-refractivity contribution in [1.82, 2.24) is 0 Å². The summed E-state index contributed by atoms with van der Waals surface area (Å²) < 4.78 is 17.2. The van der Waals surface area contributed by atoms with Crippen LogP contribution in [0.5, 0.6) is 0 Å². The molecule has 0 spiro atoms. The van der Waals surface area contributed by atoms with Crippen LogP contribution in [0.3, 0.4) is 0 Å². The molecule has 0 aromatic rings. The van der Waals surface area contributed by atoms with E-state index in [0.717, 1.165) is 0 Å². The van der Waals surface area contributed by atoms with Gasteiger partial charge in [0.05, 0.1) is 17.9 Å². The van der Waals surface area contributed by atoms with E-state index in [1.165, 1.54) is 13.0 Å². The third-order valence-corrected chi connectivity index (χ3v) is 7.23. The van der Waals surface area contributed by atoms with Crippen molar-refractivity contribution in [3.05, 3.63) is 23.8 Å². The largest absolute Gasteiger partial charge is 0.462 e. The minimum Gasteiger partial charge on any atom is -0.462 e. The number of fused-ring (bicyclic) bond motifs is 1. The zero-order chi connectivity index (χ0) is 26.8. The molecule has 0 saturated heterocycles. The van der Waals surface area contributed by atoms with E-state index in [9.17, 15) is 24.3 Å². The molecule has 0 aliphatic heterocycles. The third-order valence-electron chi connectivity index (χ3n) is 7.23. The Balaban J connectivity index is 2.55. The molecule has 2 aliphatic carbocycles. The van der Waals surface area contributed by atoms with Gasteiger partial charge >= 0.3 is 17.9 Å². The molecule has 2 aliphatic rings. The highest BCUT2D eigenvalue weighted by molar-refractivity contribution is 5.86. The van der Waals surface area contributed by atoms with Crippen LogP contribution >= 0.6 is 0 Å². The van der Waals surface area contributed by atoms with Gasteiger partial charge in [-0.2, -0.15) is 0 Å². The summed E-state index contributed by atoms with van der Waals surface area (Å²) in [4.78, 5) is 50.3. The molecule has 0 unspecified atom stereocenters. The summed E-state index contributed by atoms with van der Waals surface area (Å²) in [6.07, 6.45) is -1.89. The summed E-state index contributed by atoms with van der Waals surface area (Å²) in [6, 6.07) is 0. The Hall–Kier alpha value is -2.48.